The monoisotopic (exact) mass is 460 g/mol. The predicted octanol–water partition coefficient (Wildman–Crippen LogP) is 4.54. The van der Waals surface area contributed by atoms with Gasteiger partial charge in [0, 0.05) is 19.3 Å². The second-order valence-corrected chi connectivity index (χ2v) is 9.35. The zero-order valence-electron chi connectivity index (χ0n) is 19.8. The minimum absolute atomic E-state index is 0.196. The van der Waals surface area contributed by atoms with E-state index in [2.05, 4.69) is 7.05 Å². The van der Waals surface area contributed by atoms with Crippen molar-refractivity contribution in [3.63, 3.8) is 0 Å². The highest BCUT2D eigenvalue weighted by molar-refractivity contribution is 5.85. The van der Waals surface area contributed by atoms with E-state index in [0.29, 0.717) is 17.7 Å². The highest BCUT2D eigenvalue weighted by Crippen LogP contribution is 2.32. The minimum Gasteiger partial charge on any atom is -0.493 e. The van der Waals surface area contributed by atoms with E-state index in [0.717, 1.165) is 49.1 Å². The quantitative estimate of drug-likeness (QED) is 0.289. The van der Waals surface area contributed by atoms with Crippen LogP contribution in [0.2, 0.25) is 0 Å². The summed E-state index contributed by atoms with van der Waals surface area (Å²) in [5.41, 5.74) is -0.797. The van der Waals surface area contributed by atoms with Crippen molar-refractivity contribution < 1.29 is 23.9 Å². The van der Waals surface area contributed by atoms with Crippen LogP contribution < -0.4 is 4.74 Å². The van der Waals surface area contributed by atoms with Crippen LogP contribution in [0.3, 0.4) is 0 Å². The Morgan fingerprint density at radius 2 is 1.38 bits per heavy atom. The topological polar surface area (TPSA) is 55.8 Å². The van der Waals surface area contributed by atoms with Gasteiger partial charge in [-0.1, -0.05) is 78.9 Å². The van der Waals surface area contributed by atoms with Crippen molar-refractivity contribution in [3.05, 3.63) is 102 Å². The molecule has 1 heterocycles. The number of likely N-dealkylation sites (tertiary alicyclic amines) is 1. The number of hydrogen-bond donors (Lipinski definition) is 1. The molecule has 0 spiro atoms. The summed E-state index contributed by atoms with van der Waals surface area (Å²) in [5, 5.41) is 11.6. The molecular weight excluding hydrogens is 426 g/mol. The van der Waals surface area contributed by atoms with E-state index in [1.54, 1.807) is 24.3 Å². The number of rotatable bonds is 9. The molecule has 0 aromatic heterocycles. The smallest absolute Gasteiger partial charge is 0.347 e. The molecule has 1 N–H and O–H groups in total. The zero-order chi connectivity index (χ0) is 23.9. The number of aliphatic hydroxyl groups is 1. The molecule has 1 aliphatic rings. The van der Waals surface area contributed by atoms with Gasteiger partial charge in [0.2, 0.25) is 5.60 Å². The number of quaternary nitrogens is 1. The fourth-order valence-electron chi connectivity index (χ4n) is 4.66. The molecule has 0 aliphatic carbocycles. The number of hydrogen-bond acceptors (Lipinski definition) is 4. The number of benzene rings is 3. The molecule has 5 nitrogen and oxygen atoms in total. The summed E-state index contributed by atoms with van der Waals surface area (Å²) in [4.78, 5) is 13.3. The maximum atomic E-state index is 13.3. The van der Waals surface area contributed by atoms with Gasteiger partial charge in [-0.2, -0.15) is 0 Å². The van der Waals surface area contributed by atoms with Crippen molar-refractivity contribution in [2.24, 2.45) is 0 Å². The highest BCUT2D eigenvalue weighted by Gasteiger charge is 2.43. The predicted molar refractivity (Wildman–Crippen MR) is 132 cm³/mol. The number of piperidine rings is 1. The lowest BCUT2D eigenvalue weighted by atomic mass is 9.86. The van der Waals surface area contributed by atoms with Gasteiger partial charge in [-0.3, -0.25) is 0 Å². The standard InChI is InChI=1S/C29H34NO4/c1-30(20-11-23-33-26-16-9-4-10-17-26)21-18-27(19-22-30)34-28(31)29(32,24-12-5-2-6-13-24)25-14-7-3-8-15-25/h2-10,12-17,27,32H,11,18-23H2,1H3/q+1. The van der Waals surface area contributed by atoms with Crippen LogP contribution in [0.5, 0.6) is 5.75 Å². The summed E-state index contributed by atoms with van der Waals surface area (Å²) in [5.74, 6) is 0.294. The Morgan fingerprint density at radius 3 is 1.91 bits per heavy atom. The lowest BCUT2D eigenvalue weighted by Gasteiger charge is -2.41. The van der Waals surface area contributed by atoms with Crippen molar-refractivity contribution in [3.8, 4) is 5.75 Å². The Labute approximate surface area is 202 Å². The Morgan fingerprint density at radius 1 is 0.882 bits per heavy atom. The van der Waals surface area contributed by atoms with Crippen molar-refractivity contribution in [2.45, 2.75) is 31.0 Å². The van der Waals surface area contributed by atoms with E-state index in [1.165, 1.54) is 0 Å². The van der Waals surface area contributed by atoms with Crippen LogP contribution in [0.1, 0.15) is 30.4 Å². The average Bonchev–Trinajstić information content (AvgIpc) is 2.89. The van der Waals surface area contributed by atoms with Crippen molar-refractivity contribution in [1.82, 2.24) is 0 Å². The lowest BCUT2D eigenvalue weighted by molar-refractivity contribution is -0.915. The van der Waals surface area contributed by atoms with Crippen LogP contribution in [-0.2, 0) is 15.1 Å². The summed E-state index contributed by atoms with van der Waals surface area (Å²) in [6.45, 7) is 3.57. The SMILES string of the molecule is C[N+]1(CCCOc2ccccc2)CCC(OC(=O)C(O)(c2ccccc2)c2ccccc2)CC1. The van der Waals surface area contributed by atoms with Gasteiger partial charge in [-0.15, -0.1) is 0 Å². The molecule has 0 amide bonds. The van der Waals surface area contributed by atoms with Gasteiger partial charge in [-0.05, 0) is 23.3 Å². The Kier molecular flexibility index (Phi) is 7.66. The first-order valence-electron chi connectivity index (χ1n) is 12.1. The average molecular weight is 461 g/mol. The lowest BCUT2D eigenvalue weighted by Crippen LogP contribution is -2.53. The molecule has 1 fully saturated rings. The van der Waals surface area contributed by atoms with Gasteiger partial charge in [0.1, 0.15) is 11.9 Å². The number of carbonyl (C=O) groups is 1. The largest absolute Gasteiger partial charge is 0.493 e. The van der Waals surface area contributed by atoms with Gasteiger partial charge in [0.25, 0.3) is 0 Å². The molecule has 0 radical (unpaired) electrons. The minimum atomic E-state index is -1.83. The van der Waals surface area contributed by atoms with Crippen LogP contribution in [0.15, 0.2) is 91.0 Å². The molecule has 5 heteroatoms. The first-order chi connectivity index (χ1) is 16.5. The van der Waals surface area contributed by atoms with Crippen LogP contribution in [0.25, 0.3) is 0 Å². The van der Waals surface area contributed by atoms with Crippen molar-refractivity contribution in [1.29, 1.82) is 0 Å². The number of carbonyl (C=O) groups excluding carboxylic acids is 1. The molecule has 4 rings (SSSR count). The van der Waals surface area contributed by atoms with E-state index in [9.17, 15) is 9.90 Å². The van der Waals surface area contributed by atoms with Gasteiger partial charge in [0.05, 0.1) is 33.3 Å². The van der Waals surface area contributed by atoms with E-state index in [-0.39, 0.29) is 6.10 Å². The van der Waals surface area contributed by atoms with Crippen LogP contribution in [0.4, 0.5) is 0 Å². The fourth-order valence-corrected chi connectivity index (χ4v) is 4.66. The second-order valence-electron chi connectivity index (χ2n) is 9.35. The summed E-state index contributed by atoms with van der Waals surface area (Å²) in [6, 6.07) is 28.0. The maximum Gasteiger partial charge on any atom is 0.347 e. The van der Waals surface area contributed by atoms with Crippen LogP contribution in [0, 0.1) is 0 Å². The van der Waals surface area contributed by atoms with Crippen molar-refractivity contribution >= 4 is 5.97 Å². The summed E-state index contributed by atoms with van der Waals surface area (Å²) in [6.07, 6.45) is 2.33. The molecular formula is C29H34NO4+. The van der Waals surface area contributed by atoms with E-state index in [4.69, 9.17) is 9.47 Å². The summed E-state index contributed by atoms with van der Waals surface area (Å²) in [7, 11) is 2.25. The van der Waals surface area contributed by atoms with Gasteiger partial charge < -0.3 is 19.1 Å². The fraction of sp³-hybridized carbons (Fsp3) is 0.345. The van der Waals surface area contributed by atoms with Gasteiger partial charge in [-0.25, -0.2) is 4.79 Å². The zero-order valence-corrected chi connectivity index (χ0v) is 19.8. The molecule has 34 heavy (non-hydrogen) atoms. The molecule has 3 aromatic rings. The van der Waals surface area contributed by atoms with Gasteiger partial charge >= 0.3 is 5.97 Å². The molecule has 1 saturated heterocycles. The summed E-state index contributed by atoms with van der Waals surface area (Å²) >= 11 is 0. The Bertz CT molecular complexity index is 992. The second kappa shape index (κ2) is 10.9. The normalized spacial score (nSPS) is 20.5. The van der Waals surface area contributed by atoms with E-state index in [1.807, 2.05) is 66.7 Å². The first kappa shape index (κ1) is 24.0. The third-order valence-electron chi connectivity index (χ3n) is 6.79. The Balaban J connectivity index is 1.33. The highest BCUT2D eigenvalue weighted by atomic mass is 16.6. The van der Waals surface area contributed by atoms with E-state index >= 15 is 0 Å². The number of nitrogens with zero attached hydrogens (tertiary/aromatic N) is 1. The first-order valence-corrected chi connectivity index (χ1v) is 12.1. The number of ether oxygens (including phenoxy) is 2. The molecule has 178 valence electrons. The number of esters is 1. The van der Waals surface area contributed by atoms with Crippen molar-refractivity contribution in [2.75, 3.05) is 33.3 Å². The van der Waals surface area contributed by atoms with Crippen LogP contribution >= 0.6 is 0 Å². The van der Waals surface area contributed by atoms with Gasteiger partial charge in [0.15, 0.2) is 0 Å². The van der Waals surface area contributed by atoms with Crippen LogP contribution in [-0.4, -0.2) is 55.0 Å². The molecule has 0 bridgehead atoms. The molecule has 0 saturated carbocycles. The number of para-hydroxylation sites is 1. The Hall–Kier alpha value is -3.15. The van der Waals surface area contributed by atoms with E-state index < -0.39 is 11.6 Å². The third kappa shape index (κ3) is 5.66. The molecule has 3 aromatic carbocycles. The molecule has 0 atom stereocenters. The third-order valence-corrected chi connectivity index (χ3v) is 6.79. The maximum absolute atomic E-state index is 13.3. The molecule has 0 unspecified atom stereocenters. The summed E-state index contributed by atoms with van der Waals surface area (Å²) < 4.78 is 12.7. The molecule has 1 aliphatic heterocycles.